The maximum Gasteiger partial charge on any atom is 0.0765 e. The molecule has 0 aromatic carbocycles. The lowest BCUT2D eigenvalue weighted by atomic mass is 10.0. The quantitative estimate of drug-likeness (QED) is 0.788. The Morgan fingerprint density at radius 1 is 1.53 bits per heavy atom. The van der Waals surface area contributed by atoms with Crippen LogP contribution < -0.4 is 5.32 Å². The number of thiophene rings is 1. The molecule has 98 valence electrons. The lowest BCUT2D eigenvalue weighted by molar-refractivity contribution is 0.0232. The van der Waals surface area contributed by atoms with E-state index in [0.717, 1.165) is 0 Å². The van der Waals surface area contributed by atoms with E-state index in [0.29, 0.717) is 19.6 Å². The summed E-state index contributed by atoms with van der Waals surface area (Å²) in [6.07, 6.45) is 0.646. The molecule has 0 spiro atoms. The number of hydrogen-bond donors (Lipinski definition) is 2. The standard InChI is InChI=1S/C13H23NO2S/c1-10-5-6-12(17-10)11(2)14-9-13(3,15)7-8-16-4/h5-6,11,14-15H,7-9H2,1-4H3. The Bertz CT molecular complexity index is 336. The maximum absolute atomic E-state index is 10.1. The Morgan fingerprint density at radius 2 is 2.24 bits per heavy atom. The molecule has 2 N–H and O–H groups in total. The molecule has 2 unspecified atom stereocenters. The highest BCUT2D eigenvalue weighted by molar-refractivity contribution is 7.12. The van der Waals surface area contributed by atoms with Crippen LogP contribution in [0.4, 0.5) is 0 Å². The molecular weight excluding hydrogens is 234 g/mol. The molecule has 1 aromatic heterocycles. The van der Waals surface area contributed by atoms with Gasteiger partial charge in [0.15, 0.2) is 0 Å². The molecule has 0 fully saturated rings. The highest BCUT2D eigenvalue weighted by Crippen LogP contribution is 2.22. The lowest BCUT2D eigenvalue weighted by Crippen LogP contribution is -2.39. The van der Waals surface area contributed by atoms with Crippen LogP contribution >= 0.6 is 11.3 Å². The molecule has 0 aliphatic heterocycles. The van der Waals surface area contributed by atoms with Crippen LogP contribution in [-0.4, -0.2) is 31.0 Å². The Labute approximate surface area is 108 Å². The molecule has 0 amide bonds. The van der Waals surface area contributed by atoms with E-state index in [4.69, 9.17) is 4.74 Å². The molecule has 2 atom stereocenters. The van der Waals surface area contributed by atoms with Gasteiger partial charge in [-0.25, -0.2) is 0 Å². The predicted molar refractivity (Wildman–Crippen MR) is 72.6 cm³/mol. The van der Waals surface area contributed by atoms with Gasteiger partial charge in [0.2, 0.25) is 0 Å². The molecule has 3 nitrogen and oxygen atoms in total. The van der Waals surface area contributed by atoms with Gasteiger partial charge in [-0.15, -0.1) is 11.3 Å². The van der Waals surface area contributed by atoms with Crippen LogP contribution in [0.1, 0.15) is 36.1 Å². The van der Waals surface area contributed by atoms with Gasteiger partial charge in [0.1, 0.15) is 0 Å². The van der Waals surface area contributed by atoms with Gasteiger partial charge in [0.05, 0.1) is 5.60 Å². The highest BCUT2D eigenvalue weighted by atomic mass is 32.1. The second-order valence-corrected chi connectivity index (χ2v) is 6.11. The number of ether oxygens (including phenoxy) is 1. The number of aryl methyl sites for hydroxylation is 1. The fourth-order valence-corrected chi connectivity index (χ4v) is 2.47. The lowest BCUT2D eigenvalue weighted by Gasteiger charge is -2.25. The summed E-state index contributed by atoms with van der Waals surface area (Å²) in [6, 6.07) is 4.55. The van der Waals surface area contributed by atoms with Crippen LogP contribution in [-0.2, 0) is 4.74 Å². The molecule has 0 bridgehead atoms. The molecular formula is C13H23NO2S. The van der Waals surface area contributed by atoms with Crippen molar-refractivity contribution in [2.45, 2.75) is 38.8 Å². The van der Waals surface area contributed by atoms with Gasteiger partial charge in [0.25, 0.3) is 0 Å². The fraction of sp³-hybridized carbons (Fsp3) is 0.692. The minimum atomic E-state index is -0.712. The minimum Gasteiger partial charge on any atom is -0.389 e. The second kappa shape index (κ2) is 6.50. The van der Waals surface area contributed by atoms with E-state index in [1.807, 2.05) is 6.92 Å². The summed E-state index contributed by atoms with van der Waals surface area (Å²) in [5.74, 6) is 0. The van der Waals surface area contributed by atoms with E-state index in [9.17, 15) is 5.11 Å². The van der Waals surface area contributed by atoms with Crippen molar-refractivity contribution >= 4 is 11.3 Å². The molecule has 0 saturated heterocycles. The molecule has 1 heterocycles. The van der Waals surface area contributed by atoms with E-state index < -0.39 is 5.60 Å². The predicted octanol–water partition coefficient (Wildman–Crippen LogP) is 2.49. The van der Waals surface area contributed by atoms with E-state index in [2.05, 4.69) is 31.3 Å². The second-order valence-electron chi connectivity index (χ2n) is 4.79. The molecule has 4 heteroatoms. The first-order valence-corrected chi connectivity index (χ1v) is 6.77. The highest BCUT2D eigenvalue weighted by Gasteiger charge is 2.21. The molecule has 17 heavy (non-hydrogen) atoms. The average Bonchev–Trinajstić information content (AvgIpc) is 2.70. The van der Waals surface area contributed by atoms with Crippen LogP contribution in [0.3, 0.4) is 0 Å². The Morgan fingerprint density at radius 3 is 2.76 bits per heavy atom. The fourth-order valence-electron chi connectivity index (χ4n) is 1.57. The number of aliphatic hydroxyl groups is 1. The normalized spacial score (nSPS) is 16.8. The van der Waals surface area contributed by atoms with Gasteiger partial charge in [-0.2, -0.15) is 0 Å². The van der Waals surface area contributed by atoms with Gasteiger partial charge in [-0.1, -0.05) is 0 Å². The first-order valence-electron chi connectivity index (χ1n) is 5.95. The third-order valence-corrected chi connectivity index (χ3v) is 4.01. The molecule has 1 rings (SSSR count). The van der Waals surface area contributed by atoms with Crippen molar-refractivity contribution in [1.82, 2.24) is 5.32 Å². The monoisotopic (exact) mass is 257 g/mol. The summed E-state index contributed by atoms with van der Waals surface area (Å²) in [4.78, 5) is 2.63. The smallest absolute Gasteiger partial charge is 0.0765 e. The minimum absolute atomic E-state index is 0.280. The van der Waals surface area contributed by atoms with Crippen molar-refractivity contribution in [1.29, 1.82) is 0 Å². The third-order valence-electron chi connectivity index (χ3n) is 2.82. The molecule has 0 aliphatic rings. The summed E-state index contributed by atoms with van der Waals surface area (Å²) < 4.78 is 4.99. The van der Waals surface area contributed by atoms with Gasteiger partial charge in [0, 0.05) is 42.5 Å². The van der Waals surface area contributed by atoms with Gasteiger partial charge < -0.3 is 15.2 Å². The first kappa shape index (κ1) is 14.6. The Kier molecular flexibility index (Phi) is 5.59. The van der Waals surface area contributed by atoms with Crippen LogP contribution in [0.15, 0.2) is 12.1 Å². The average molecular weight is 257 g/mol. The van der Waals surface area contributed by atoms with E-state index in [1.165, 1.54) is 9.75 Å². The molecule has 0 saturated carbocycles. The molecule has 0 aliphatic carbocycles. The zero-order chi connectivity index (χ0) is 12.9. The number of methoxy groups -OCH3 is 1. The number of hydrogen-bond acceptors (Lipinski definition) is 4. The zero-order valence-electron chi connectivity index (χ0n) is 11.1. The van der Waals surface area contributed by atoms with Crippen molar-refractivity contribution in [2.75, 3.05) is 20.3 Å². The van der Waals surface area contributed by atoms with Gasteiger partial charge in [-0.05, 0) is 32.9 Å². The summed E-state index contributed by atoms with van der Waals surface area (Å²) >= 11 is 1.80. The van der Waals surface area contributed by atoms with Crippen LogP contribution in [0.2, 0.25) is 0 Å². The maximum atomic E-state index is 10.1. The van der Waals surface area contributed by atoms with E-state index in [1.54, 1.807) is 18.4 Å². The topological polar surface area (TPSA) is 41.5 Å². The first-order chi connectivity index (χ1) is 7.94. The number of nitrogens with one attached hydrogen (secondary N) is 1. The van der Waals surface area contributed by atoms with Crippen molar-refractivity contribution in [3.05, 3.63) is 21.9 Å². The van der Waals surface area contributed by atoms with Gasteiger partial charge in [-0.3, -0.25) is 0 Å². The van der Waals surface area contributed by atoms with E-state index in [-0.39, 0.29) is 6.04 Å². The Hall–Kier alpha value is -0.420. The van der Waals surface area contributed by atoms with Crippen LogP contribution in [0.25, 0.3) is 0 Å². The largest absolute Gasteiger partial charge is 0.389 e. The summed E-state index contributed by atoms with van der Waals surface area (Å²) in [6.45, 7) is 7.23. The van der Waals surface area contributed by atoms with Crippen molar-refractivity contribution < 1.29 is 9.84 Å². The van der Waals surface area contributed by atoms with Crippen LogP contribution in [0.5, 0.6) is 0 Å². The molecule has 0 radical (unpaired) electrons. The number of rotatable bonds is 7. The Balaban J connectivity index is 2.39. The summed E-state index contributed by atoms with van der Waals surface area (Å²) in [7, 11) is 1.65. The van der Waals surface area contributed by atoms with Crippen molar-refractivity contribution in [3.63, 3.8) is 0 Å². The summed E-state index contributed by atoms with van der Waals surface area (Å²) in [5, 5.41) is 13.5. The summed E-state index contributed by atoms with van der Waals surface area (Å²) in [5.41, 5.74) is -0.712. The van der Waals surface area contributed by atoms with Crippen molar-refractivity contribution in [3.8, 4) is 0 Å². The SMILES string of the molecule is COCCC(C)(O)CNC(C)c1ccc(C)s1. The third kappa shape index (κ3) is 5.17. The van der Waals surface area contributed by atoms with Gasteiger partial charge >= 0.3 is 0 Å². The molecule has 1 aromatic rings. The zero-order valence-corrected chi connectivity index (χ0v) is 11.9. The van der Waals surface area contributed by atoms with Crippen molar-refractivity contribution in [2.24, 2.45) is 0 Å². The van der Waals surface area contributed by atoms with Crippen LogP contribution in [0, 0.1) is 6.92 Å². The van der Waals surface area contributed by atoms with E-state index >= 15 is 0 Å².